The Bertz CT molecular complexity index is 571. The van der Waals surface area contributed by atoms with Gasteiger partial charge in [-0.3, -0.25) is 4.98 Å². The summed E-state index contributed by atoms with van der Waals surface area (Å²) in [4.78, 5) is 15.6. The van der Waals surface area contributed by atoms with Gasteiger partial charge in [0.15, 0.2) is 0 Å². The van der Waals surface area contributed by atoms with Gasteiger partial charge in [-0.1, -0.05) is 23.7 Å². The van der Waals surface area contributed by atoms with E-state index < -0.39 is 5.97 Å². The van der Waals surface area contributed by atoms with Crippen molar-refractivity contribution in [2.45, 2.75) is 0 Å². The molecule has 0 unspecified atom stereocenters. The number of fused-ring (bicyclic) bond motifs is 1. The third-order valence-electron chi connectivity index (χ3n) is 2.19. The van der Waals surface area contributed by atoms with Gasteiger partial charge in [-0.15, -0.1) is 0 Å². The number of para-hydroxylation sites is 1. The maximum atomic E-state index is 11.4. The number of ether oxygens (including phenoxy) is 1. The lowest BCUT2D eigenvalue weighted by Crippen LogP contribution is -2.03. The van der Waals surface area contributed by atoms with Crippen molar-refractivity contribution in [3.63, 3.8) is 0 Å². The number of pyridine rings is 1. The average Bonchev–Trinajstić information content (AvgIpc) is 2.30. The molecule has 1 aromatic carbocycles. The molecule has 5 heteroatoms. The van der Waals surface area contributed by atoms with Gasteiger partial charge in [-0.2, -0.15) is 0 Å². The molecule has 0 saturated heterocycles. The van der Waals surface area contributed by atoms with Crippen molar-refractivity contribution in [2.24, 2.45) is 0 Å². The Morgan fingerprint density at radius 1 is 1.50 bits per heavy atom. The highest BCUT2D eigenvalue weighted by Gasteiger charge is 2.14. The highest BCUT2D eigenvalue weighted by molar-refractivity contribution is 9.10. The van der Waals surface area contributed by atoms with Gasteiger partial charge in [0.05, 0.1) is 23.2 Å². The zero-order valence-corrected chi connectivity index (χ0v) is 10.7. The first-order valence-corrected chi connectivity index (χ1v) is 5.63. The molecule has 0 spiro atoms. The second-order valence-electron chi connectivity index (χ2n) is 3.11. The number of methoxy groups -OCH3 is 1. The standard InChI is InChI=1S/C11H7BrClNO2/c1-16-11(15)7-5-14-10-6(9(7)12)3-2-4-8(10)13/h2-5H,1H3. The number of carbonyl (C=O) groups is 1. The Morgan fingerprint density at radius 3 is 2.94 bits per heavy atom. The first-order valence-electron chi connectivity index (χ1n) is 4.46. The molecule has 0 fully saturated rings. The molecule has 2 aromatic rings. The van der Waals surface area contributed by atoms with E-state index in [2.05, 4.69) is 25.7 Å². The van der Waals surface area contributed by atoms with E-state index in [-0.39, 0.29) is 0 Å². The molecule has 0 aliphatic carbocycles. The molecule has 0 bridgehead atoms. The minimum Gasteiger partial charge on any atom is -0.465 e. The predicted molar refractivity (Wildman–Crippen MR) is 65.8 cm³/mol. The SMILES string of the molecule is COC(=O)c1cnc2c(Cl)cccc2c1Br. The molecular weight excluding hydrogens is 293 g/mol. The lowest BCUT2D eigenvalue weighted by molar-refractivity contribution is 0.0599. The molecule has 0 radical (unpaired) electrons. The number of benzene rings is 1. The molecule has 0 aliphatic rings. The zero-order chi connectivity index (χ0) is 11.7. The van der Waals surface area contributed by atoms with Crippen LogP contribution >= 0.6 is 27.5 Å². The normalized spacial score (nSPS) is 10.4. The van der Waals surface area contributed by atoms with Gasteiger partial charge in [-0.05, 0) is 22.0 Å². The molecule has 16 heavy (non-hydrogen) atoms. The summed E-state index contributed by atoms with van der Waals surface area (Å²) in [6, 6.07) is 5.39. The van der Waals surface area contributed by atoms with E-state index in [0.717, 1.165) is 5.39 Å². The monoisotopic (exact) mass is 299 g/mol. The quantitative estimate of drug-likeness (QED) is 0.757. The van der Waals surface area contributed by atoms with Crippen LogP contribution in [-0.4, -0.2) is 18.1 Å². The fourth-order valence-electron chi connectivity index (χ4n) is 1.41. The van der Waals surface area contributed by atoms with E-state index in [1.165, 1.54) is 13.3 Å². The number of hydrogen-bond donors (Lipinski definition) is 0. The number of carbonyl (C=O) groups excluding carboxylic acids is 1. The minimum absolute atomic E-state index is 0.386. The van der Waals surface area contributed by atoms with Crippen LogP contribution in [0, 0.1) is 0 Å². The smallest absolute Gasteiger partial charge is 0.340 e. The van der Waals surface area contributed by atoms with E-state index in [0.29, 0.717) is 20.6 Å². The molecule has 0 aliphatic heterocycles. The van der Waals surface area contributed by atoms with Crippen LogP contribution in [-0.2, 0) is 4.74 Å². The van der Waals surface area contributed by atoms with Gasteiger partial charge >= 0.3 is 5.97 Å². The van der Waals surface area contributed by atoms with Crippen molar-refractivity contribution in [1.29, 1.82) is 0 Å². The van der Waals surface area contributed by atoms with Crippen LogP contribution < -0.4 is 0 Å². The van der Waals surface area contributed by atoms with Crippen molar-refractivity contribution in [3.05, 3.63) is 39.5 Å². The summed E-state index contributed by atoms with van der Waals surface area (Å²) in [5, 5.41) is 1.34. The molecule has 0 N–H and O–H groups in total. The molecule has 2 rings (SSSR count). The summed E-state index contributed by atoms with van der Waals surface area (Å²) in [5.41, 5.74) is 1.04. The van der Waals surface area contributed by atoms with Crippen molar-refractivity contribution in [1.82, 2.24) is 4.98 Å². The first-order chi connectivity index (χ1) is 7.65. The Kier molecular flexibility index (Phi) is 3.12. The fourth-order valence-corrected chi connectivity index (χ4v) is 2.21. The number of nitrogens with zero attached hydrogens (tertiary/aromatic N) is 1. The number of rotatable bonds is 1. The lowest BCUT2D eigenvalue weighted by Gasteiger charge is -2.06. The summed E-state index contributed by atoms with van der Waals surface area (Å²) in [6.45, 7) is 0. The number of hydrogen-bond acceptors (Lipinski definition) is 3. The summed E-state index contributed by atoms with van der Waals surface area (Å²) in [7, 11) is 1.33. The molecule has 1 aromatic heterocycles. The second-order valence-corrected chi connectivity index (χ2v) is 4.31. The average molecular weight is 301 g/mol. The zero-order valence-electron chi connectivity index (χ0n) is 8.33. The van der Waals surface area contributed by atoms with Crippen LogP contribution in [0.5, 0.6) is 0 Å². The van der Waals surface area contributed by atoms with E-state index in [1.54, 1.807) is 12.1 Å². The minimum atomic E-state index is -0.429. The molecule has 0 atom stereocenters. The van der Waals surface area contributed by atoms with Crippen LogP contribution in [0.25, 0.3) is 10.9 Å². The topological polar surface area (TPSA) is 39.2 Å². The number of halogens is 2. The van der Waals surface area contributed by atoms with Gasteiger partial charge < -0.3 is 4.74 Å². The molecule has 82 valence electrons. The Balaban J connectivity index is 2.75. The van der Waals surface area contributed by atoms with Gasteiger partial charge in [0.2, 0.25) is 0 Å². The van der Waals surface area contributed by atoms with E-state index in [9.17, 15) is 4.79 Å². The maximum Gasteiger partial charge on any atom is 0.340 e. The molecule has 1 heterocycles. The maximum absolute atomic E-state index is 11.4. The van der Waals surface area contributed by atoms with Crippen LogP contribution in [0.1, 0.15) is 10.4 Å². The van der Waals surface area contributed by atoms with Gasteiger partial charge in [-0.25, -0.2) is 4.79 Å². The van der Waals surface area contributed by atoms with Crippen LogP contribution in [0.4, 0.5) is 0 Å². The second kappa shape index (κ2) is 4.39. The Morgan fingerprint density at radius 2 is 2.25 bits per heavy atom. The Labute approximate surface area is 106 Å². The highest BCUT2D eigenvalue weighted by atomic mass is 79.9. The van der Waals surface area contributed by atoms with Crippen LogP contribution in [0.15, 0.2) is 28.9 Å². The third-order valence-corrected chi connectivity index (χ3v) is 3.35. The number of aromatic nitrogens is 1. The predicted octanol–water partition coefficient (Wildman–Crippen LogP) is 3.44. The van der Waals surface area contributed by atoms with E-state index >= 15 is 0 Å². The van der Waals surface area contributed by atoms with Gasteiger partial charge in [0.1, 0.15) is 0 Å². The van der Waals surface area contributed by atoms with Crippen molar-refractivity contribution in [2.75, 3.05) is 7.11 Å². The first kappa shape index (κ1) is 11.4. The third kappa shape index (κ3) is 1.79. The van der Waals surface area contributed by atoms with Gasteiger partial charge in [0.25, 0.3) is 0 Å². The summed E-state index contributed by atoms with van der Waals surface area (Å²) in [5.74, 6) is -0.429. The highest BCUT2D eigenvalue weighted by Crippen LogP contribution is 2.30. The molecular formula is C11H7BrClNO2. The molecule has 0 saturated carbocycles. The summed E-state index contributed by atoms with van der Waals surface area (Å²) in [6.07, 6.45) is 1.45. The van der Waals surface area contributed by atoms with Crippen LogP contribution in [0.3, 0.4) is 0 Å². The lowest BCUT2D eigenvalue weighted by atomic mass is 10.1. The number of esters is 1. The van der Waals surface area contributed by atoms with Crippen molar-refractivity contribution >= 4 is 44.4 Å². The summed E-state index contributed by atoms with van der Waals surface area (Å²) >= 11 is 9.35. The van der Waals surface area contributed by atoms with E-state index in [4.69, 9.17) is 11.6 Å². The Hall–Kier alpha value is -1.13. The molecule has 3 nitrogen and oxygen atoms in total. The van der Waals surface area contributed by atoms with E-state index in [1.807, 2.05) is 6.07 Å². The van der Waals surface area contributed by atoms with Crippen molar-refractivity contribution < 1.29 is 9.53 Å². The summed E-state index contributed by atoms with van der Waals surface area (Å²) < 4.78 is 5.30. The van der Waals surface area contributed by atoms with Crippen molar-refractivity contribution in [3.8, 4) is 0 Å². The van der Waals surface area contributed by atoms with Gasteiger partial charge in [0, 0.05) is 16.1 Å². The largest absolute Gasteiger partial charge is 0.465 e. The fraction of sp³-hybridized carbons (Fsp3) is 0.0909. The molecule has 0 amide bonds. The van der Waals surface area contributed by atoms with Crippen LogP contribution in [0.2, 0.25) is 5.02 Å².